The van der Waals surface area contributed by atoms with Crippen molar-refractivity contribution < 1.29 is 24.2 Å². The number of methoxy groups -OCH3 is 2. The molecule has 0 saturated carbocycles. The van der Waals surface area contributed by atoms with Crippen LogP contribution in [0.5, 0.6) is 11.5 Å². The summed E-state index contributed by atoms with van der Waals surface area (Å²) in [6.07, 6.45) is 3.83. The molecule has 38 heavy (non-hydrogen) atoms. The summed E-state index contributed by atoms with van der Waals surface area (Å²) in [7, 11) is 3.22. The fraction of sp³-hybridized carbons (Fsp3) is 0.345. The molecule has 0 aliphatic carbocycles. The lowest BCUT2D eigenvalue weighted by molar-refractivity contribution is -0.141. The van der Waals surface area contributed by atoms with Gasteiger partial charge in [0.1, 0.15) is 5.82 Å². The van der Waals surface area contributed by atoms with E-state index < -0.39 is 11.9 Å². The first kappa shape index (κ1) is 27.3. The van der Waals surface area contributed by atoms with Crippen molar-refractivity contribution in [3.8, 4) is 11.5 Å². The quantitative estimate of drug-likeness (QED) is 0.336. The molecule has 1 aliphatic rings. The molecule has 1 aliphatic heterocycles. The molecule has 3 N–H and O–H groups in total. The van der Waals surface area contributed by atoms with Crippen molar-refractivity contribution in [1.82, 2.24) is 9.88 Å². The Kier molecular flexibility index (Phi) is 8.78. The SMILES string of the molecule is COc1cc2c(cc1OC)CN(C(=O)c1cccc(CCC(S)C(Cc3ccc(N)nc3)C(=O)O)c1)CC2. The fourth-order valence-electron chi connectivity index (χ4n) is 4.81. The number of carboxylic acids is 1. The minimum atomic E-state index is -0.898. The molecule has 200 valence electrons. The van der Waals surface area contributed by atoms with Gasteiger partial charge < -0.3 is 25.2 Å². The molecule has 2 unspecified atom stereocenters. The summed E-state index contributed by atoms with van der Waals surface area (Å²) >= 11 is 4.63. The molecule has 0 saturated heterocycles. The number of ether oxygens (including phenoxy) is 2. The molecule has 2 atom stereocenters. The minimum absolute atomic E-state index is 0.0334. The van der Waals surface area contributed by atoms with Crippen molar-refractivity contribution in [2.45, 2.75) is 37.5 Å². The number of aromatic nitrogens is 1. The number of hydrogen-bond acceptors (Lipinski definition) is 7. The van der Waals surface area contributed by atoms with Crippen molar-refractivity contribution in [2.75, 3.05) is 26.5 Å². The number of carbonyl (C=O) groups is 2. The normalized spacial score (nSPS) is 14.3. The highest BCUT2D eigenvalue weighted by Crippen LogP contribution is 2.33. The second-order valence-corrected chi connectivity index (χ2v) is 10.2. The number of aryl methyl sites for hydroxylation is 1. The van der Waals surface area contributed by atoms with Gasteiger partial charge >= 0.3 is 5.97 Å². The van der Waals surface area contributed by atoms with Gasteiger partial charge in [0, 0.05) is 30.1 Å². The highest BCUT2D eigenvalue weighted by Gasteiger charge is 2.27. The van der Waals surface area contributed by atoms with E-state index in [0.29, 0.717) is 55.2 Å². The average molecular weight is 536 g/mol. The van der Waals surface area contributed by atoms with Crippen LogP contribution in [0.4, 0.5) is 5.82 Å². The van der Waals surface area contributed by atoms with Gasteiger partial charge in [0.15, 0.2) is 11.5 Å². The van der Waals surface area contributed by atoms with Gasteiger partial charge in [-0.15, -0.1) is 0 Å². The van der Waals surface area contributed by atoms with Crippen molar-refractivity contribution in [3.05, 3.63) is 82.5 Å². The van der Waals surface area contributed by atoms with E-state index in [-0.39, 0.29) is 11.2 Å². The third-order valence-corrected chi connectivity index (χ3v) is 7.61. The monoisotopic (exact) mass is 535 g/mol. The molecule has 2 aromatic carbocycles. The summed E-state index contributed by atoms with van der Waals surface area (Å²) in [5.74, 6) is 0.135. The maximum Gasteiger partial charge on any atom is 0.307 e. The standard InChI is InChI=1S/C29H33N3O5S/c1-36-24-14-20-10-11-32(17-22(20)15-25(24)37-2)28(33)21-5-3-4-18(12-21)6-8-26(38)23(29(34)35)13-19-7-9-27(30)31-16-19/h3-5,7,9,12,14-16,23,26,38H,6,8,10-11,13,17H2,1-2H3,(H2,30,31)(H,34,35). The molecule has 3 aromatic rings. The third kappa shape index (κ3) is 6.39. The number of benzene rings is 2. The van der Waals surface area contributed by atoms with Gasteiger partial charge in [0.2, 0.25) is 0 Å². The molecular weight excluding hydrogens is 502 g/mol. The third-order valence-electron chi connectivity index (χ3n) is 6.99. The molecule has 9 heteroatoms. The van der Waals surface area contributed by atoms with E-state index >= 15 is 0 Å². The van der Waals surface area contributed by atoms with Crippen molar-refractivity contribution in [3.63, 3.8) is 0 Å². The summed E-state index contributed by atoms with van der Waals surface area (Å²) in [5.41, 5.74) is 10.2. The molecule has 4 rings (SSSR count). The molecule has 1 amide bonds. The zero-order valence-electron chi connectivity index (χ0n) is 21.6. The number of hydrogen-bond donors (Lipinski definition) is 3. The first-order valence-electron chi connectivity index (χ1n) is 12.5. The van der Waals surface area contributed by atoms with Crippen LogP contribution in [0.15, 0.2) is 54.7 Å². The molecule has 2 heterocycles. The van der Waals surface area contributed by atoms with Crippen molar-refractivity contribution in [1.29, 1.82) is 0 Å². The predicted molar refractivity (Wildman–Crippen MR) is 149 cm³/mol. The van der Waals surface area contributed by atoms with Crippen LogP contribution in [-0.2, 0) is 30.6 Å². The van der Waals surface area contributed by atoms with Crippen LogP contribution in [0, 0.1) is 5.92 Å². The van der Waals surface area contributed by atoms with Gasteiger partial charge in [-0.1, -0.05) is 18.2 Å². The first-order valence-corrected chi connectivity index (χ1v) is 13.0. The average Bonchev–Trinajstić information content (AvgIpc) is 2.94. The molecule has 1 aromatic heterocycles. The Morgan fingerprint density at radius 2 is 1.82 bits per heavy atom. The Labute approximate surface area is 228 Å². The number of anilines is 1. The van der Waals surface area contributed by atoms with Crippen LogP contribution >= 0.6 is 12.6 Å². The zero-order valence-corrected chi connectivity index (χ0v) is 22.5. The number of fused-ring (bicyclic) bond motifs is 1. The Hall–Kier alpha value is -3.72. The van der Waals surface area contributed by atoms with E-state index in [1.54, 1.807) is 32.5 Å². The number of rotatable bonds is 10. The predicted octanol–water partition coefficient (Wildman–Crippen LogP) is 4.05. The lowest BCUT2D eigenvalue weighted by Gasteiger charge is -2.30. The van der Waals surface area contributed by atoms with Crippen LogP contribution in [-0.4, -0.2) is 52.9 Å². The lowest BCUT2D eigenvalue weighted by atomic mass is 9.92. The zero-order chi connectivity index (χ0) is 27.2. The maximum atomic E-state index is 13.4. The van der Waals surface area contributed by atoms with Crippen LogP contribution in [0.3, 0.4) is 0 Å². The number of carboxylic acid groups (broad SMARTS) is 1. The van der Waals surface area contributed by atoms with Gasteiger partial charge in [-0.05, 0) is 78.3 Å². The number of aliphatic carboxylic acids is 1. The number of nitrogens with zero attached hydrogens (tertiary/aromatic N) is 2. The molecule has 0 bridgehead atoms. The largest absolute Gasteiger partial charge is 0.493 e. The highest BCUT2D eigenvalue weighted by atomic mass is 32.1. The van der Waals surface area contributed by atoms with Gasteiger partial charge in [0.05, 0.1) is 20.1 Å². The van der Waals surface area contributed by atoms with Crippen LogP contribution in [0.25, 0.3) is 0 Å². The maximum absolute atomic E-state index is 13.4. The Bertz CT molecular complexity index is 1300. The minimum Gasteiger partial charge on any atom is -0.493 e. The number of nitrogen functional groups attached to an aromatic ring is 1. The number of thiol groups is 1. The lowest BCUT2D eigenvalue weighted by Crippen LogP contribution is -2.36. The molecule has 0 fully saturated rings. The van der Waals surface area contributed by atoms with E-state index in [1.807, 2.05) is 41.3 Å². The topological polar surface area (TPSA) is 115 Å². The van der Waals surface area contributed by atoms with Gasteiger partial charge in [-0.3, -0.25) is 9.59 Å². The summed E-state index contributed by atoms with van der Waals surface area (Å²) in [6, 6.07) is 14.9. The molecule has 0 radical (unpaired) electrons. The summed E-state index contributed by atoms with van der Waals surface area (Å²) in [6.45, 7) is 1.11. The number of amides is 1. The number of carbonyl (C=O) groups excluding carboxylic acids is 1. The van der Waals surface area contributed by atoms with E-state index in [0.717, 1.165) is 28.7 Å². The molecule has 8 nitrogen and oxygen atoms in total. The van der Waals surface area contributed by atoms with Gasteiger partial charge in [0.25, 0.3) is 5.91 Å². The Balaban J connectivity index is 1.40. The summed E-state index contributed by atoms with van der Waals surface area (Å²) in [5, 5.41) is 9.43. The number of nitrogens with two attached hydrogens (primary N) is 1. The van der Waals surface area contributed by atoms with E-state index in [9.17, 15) is 14.7 Å². The van der Waals surface area contributed by atoms with Crippen molar-refractivity contribution >= 4 is 30.3 Å². The van der Waals surface area contributed by atoms with Crippen LogP contribution in [0.1, 0.15) is 39.0 Å². The van der Waals surface area contributed by atoms with E-state index in [1.165, 1.54) is 0 Å². The van der Waals surface area contributed by atoms with Crippen molar-refractivity contribution in [2.24, 2.45) is 5.92 Å². The molecule has 0 spiro atoms. The Morgan fingerprint density at radius 3 is 2.47 bits per heavy atom. The molecular formula is C29H33N3O5S. The van der Waals surface area contributed by atoms with Gasteiger partial charge in [-0.25, -0.2) is 4.98 Å². The van der Waals surface area contributed by atoms with Crippen LogP contribution < -0.4 is 15.2 Å². The van der Waals surface area contributed by atoms with E-state index in [4.69, 9.17) is 15.2 Å². The Morgan fingerprint density at radius 1 is 1.08 bits per heavy atom. The second kappa shape index (κ2) is 12.2. The highest BCUT2D eigenvalue weighted by molar-refractivity contribution is 7.81. The summed E-state index contributed by atoms with van der Waals surface area (Å²) in [4.78, 5) is 31.2. The first-order chi connectivity index (χ1) is 18.3. The second-order valence-electron chi connectivity index (χ2n) is 9.50. The fourth-order valence-corrected chi connectivity index (χ4v) is 5.18. The number of pyridine rings is 1. The summed E-state index contributed by atoms with van der Waals surface area (Å²) < 4.78 is 10.8. The van der Waals surface area contributed by atoms with E-state index in [2.05, 4.69) is 17.6 Å². The smallest absolute Gasteiger partial charge is 0.307 e. The van der Waals surface area contributed by atoms with Gasteiger partial charge in [-0.2, -0.15) is 12.6 Å². The van der Waals surface area contributed by atoms with Crippen LogP contribution in [0.2, 0.25) is 0 Å².